The van der Waals surface area contributed by atoms with Gasteiger partial charge in [-0.25, -0.2) is 4.39 Å². The fraction of sp³-hybridized carbons (Fsp3) is 0.235. The smallest absolute Gasteiger partial charge is 0.230 e. The molecule has 0 heterocycles. The average Bonchev–Trinajstić information content (AvgIpc) is 2.55. The van der Waals surface area contributed by atoms with E-state index in [2.05, 4.69) is 5.32 Å². The Balaban J connectivity index is 1.58. The van der Waals surface area contributed by atoms with Gasteiger partial charge in [0.05, 0.1) is 5.75 Å². The van der Waals surface area contributed by atoms with Crippen LogP contribution in [0.5, 0.6) is 0 Å². The quantitative estimate of drug-likeness (QED) is 0.543. The molecule has 2 aromatic carbocycles. The molecule has 0 bridgehead atoms. The summed E-state index contributed by atoms with van der Waals surface area (Å²) in [5, 5.41) is 3.55. The minimum Gasteiger partial charge on any atom is -0.355 e. The van der Waals surface area contributed by atoms with E-state index in [0.29, 0.717) is 28.6 Å². The minimum atomic E-state index is -0.177. The zero-order valence-electron chi connectivity index (χ0n) is 12.4. The van der Waals surface area contributed by atoms with Gasteiger partial charge in [-0.15, -0.1) is 11.8 Å². The summed E-state index contributed by atoms with van der Waals surface area (Å²) in [5.41, 5.74) is 0.696. The van der Waals surface area contributed by atoms with Crippen molar-refractivity contribution in [3.8, 4) is 0 Å². The maximum Gasteiger partial charge on any atom is 0.230 e. The Bertz CT molecular complexity index is 637. The fourth-order valence-electron chi connectivity index (χ4n) is 1.79. The number of carbonyl (C=O) groups excluding carboxylic acids is 1. The summed E-state index contributed by atoms with van der Waals surface area (Å²) in [5.74, 6) is 1.56. The summed E-state index contributed by atoms with van der Waals surface area (Å²) < 4.78 is 13.4. The van der Waals surface area contributed by atoms with Gasteiger partial charge in [0.1, 0.15) is 5.82 Å². The predicted octanol–water partition coefficient (Wildman–Crippen LogP) is 4.62. The van der Waals surface area contributed by atoms with Crippen molar-refractivity contribution in [3.63, 3.8) is 0 Å². The van der Waals surface area contributed by atoms with E-state index in [9.17, 15) is 9.18 Å². The minimum absolute atomic E-state index is 0.00329. The Morgan fingerprint density at radius 3 is 2.61 bits per heavy atom. The van der Waals surface area contributed by atoms with E-state index in [-0.39, 0.29) is 11.7 Å². The van der Waals surface area contributed by atoms with Gasteiger partial charge in [-0.1, -0.05) is 29.8 Å². The zero-order chi connectivity index (χ0) is 16.5. The number of hydrogen-bond donors (Lipinski definition) is 1. The molecule has 0 aromatic heterocycles. The summed E-state index contributed by atoms with van der Waals surface area (Å²) in [6, 6.07) is 14.2. The summed E-state index contributed by atoms with van der Waals surface area (Å²) in [7, 11) is 0. The summed E-state index contributed by atoms with van der Waals surface area (Å²) in [6.45, 7) is 0.582. The maximum atomic E-state index is 13.4. The van der Waals surface area contributed by atoms with E-state index < -0.39 is 0 Å². The van der Waals surface area contributed by atoms with E-state index in [1.165, 1.54) is 17.8 Å². The molecule has 0 aliphatic heterocycles. The first kappa shape index (κ1) is 18.2. The van der Waals surface area contributed by atoms with Gasteiger partial charge in [0.15, 0.2) is 0 Å². The number of hydrogen-bond acceptors (Lipinski definition) is 3. The fourth-order valence-corrected chi connectivity index (χ4v) is 3.49. The molecule has 1 N–H and O–H groups in total. The van der Waals surface area contributed by atoms with Crippen molar-refractivity contribution in [2.45, 2.75) is 10.6 Å². The first-order chi connectivity index (χ1) is 11.1. The summed E-state index contributed by atoms with van der Waals surface area (Å²) >= 11 is 8.89. The van der Waals surface area contributed by atoms with Gasteiger partial charge >= 0.3 is 0 Å². The van der Waals surface area contributed by atoms with Gasteiger partial charge in [-0.05, 0) is 35.9 Å². The van der Waals surface area contributed by atoms with Crippen LogP contribution in [0.15, 0.2) is 53.4 Å². The molecule has 23 heavy (non-hydrogen) atoms. The van der Waals surface area contributed by atoms with Gasteiger partial charge < -0.3 is 5.32 Å². The van der Waals surface area contributed by atoms with Gasteiger partial charge in [0, 0.05) is 28.0 Å². The molecule has 0 unspecified atom stereocenters. The van der Waals surface area contributed by atoms with Gasteiger partial charge in [-0.2, -0.15) is 11.8 Å². The number of carbonyl (C=O) groups is 1. The molecule has 6 heteroatoms. The number of amides is 1. The largest absolute Gasteiger partial charge is 0.355 e. The van der Waals surface area contributed by atoms with Crippen LogP contribution in [0.1, 0.15) is 5.56 Å². The second-order valence-electron chi connectivity index (χ2n) is 4.74. The number of nitrogens with one attached hydrogen (secondary N) is 1. The molecule has 0 atom stereocenters. The summed E-state index contributed by atoms with van der Waals surface area (Å²) in [6.07, 6.45) is 0. The molecule has 0 fully saturated rings. The van der Waals surface area contributed by atoms with Crippen LogP contribution in [-0.4, -0.2) is 24.0 Å². The van der Waals surface area contributed by atoms with Crippen LogP contribution >= 0.6 is 35.1 Å². The lowest BCUT2D eigenvalue weighted by Crippen LogP contribution is -2.27. The van der Waals surface area contributed by atoms with E-state index in [0.717, 1.165) is 10.6 Å². The molecule has 0 aliphatic rings. The second kappa shape index (κ2) is 9.85. The normalized spacial score (nSPS) is 10.5. The Hall–Kier alpha value is -1.17. The van der Waals surface area contributed by atoms with Crippen molar-refractivity contribution in [1.82, 2.24) is 5.32 Å². The van der Waals surface area contributed by atoms with Crippen molar-refractivity contribution >= 4 is 41.0 Å². The average molecular weight is 370 g/mol. The zero-order valence-corrected chi connectivity index (χ0v) is 14.8. The lowest BCUT2D eigenvalue weighted by atomic mass is 10.2. The lowest BCUT2D eigenvalue weighted by molar-refractivity contribution is -0.118. The van der Waals surface area contributed by atoms with Crippen LogP contribution in [-0.2, 0) is 10.5 Å². The van der Waals surface area contributed by atoms with Crippen molar-refractivity contribution in [1.29, 1.82) is 0 Å². The first-order valence-corrected chi connectivity index (χ1v) is 9.63. The van der Waals surface area contributed by atoms with Crippen LogP contribution in [0.3, 0.4) is 0 Å². The Morgan fingerprint density at radius 1 is 1.13 bits per heavy atom. The van der Waals surface area contributed by atoms with Crippen LogP contribution in [0.4, 0.5) is 4.39 Å². The molecular formula is C17H17ClFNOS2. The molecule has 1 amide bonds. The van der Waals surface area contributed by atoms with Gasteiger partial charge in [0.25, 0.3) is 0 Å². The molecular weight excluding hydrogens is 353 g/mol. The molecule has 2 nitrogen and oxygen atoms in total. The molecule has 0 saturated heterocycles. The highest BCUT2D eigenvalue weighted by atomic mass is 35.5. The van der Waals surface area contributed by atoms with Crippen molar-refractivity contribution in [2.75, 3.05) is 18.1 Å². The highest BCUT2D eigenvalue weighted by Crippen LogP contribution is 2.20. The first-order valence-electron chi connectivity index (χ1n) is 7.11. The van der Waals surface area contributed by atoms with Crippen molar-refractivity contribution in [3.05, 3.63) is 64.9 Å². The third kappa shape index (κ3) is 6.85. The van der Waals surface area contributed by atoms with E-state index in [4.69, 9.17) is 11.6 Å². The van der Waals surface area contributed by atoms with Crippen LogP contribution < -0.4 is 5.32 Å². The van der Waals surface area contributed by atoms with E-state index in [1.807, 2.05) is 18.2 Å². The second-order valence-corrected chi connectivity index (χ2v) is 7.33. The number of halogens is 2. The molecule has 0 aliphatic carbocycles. The Kier molecular flexibility index (Phi) is 7.79. The van der Waals surface area contributed by atoms with Gasteiger partial charge in [0.2, 0.25) is 5.91 Å². The SMILES string of the molecule is O=C(CSc1ccc(Cl)cc1)NCCSCc1ccccc1F. The Morgan fingerprint density at radius 2 is 1.87 bits per heavy atom. The van der Waals surface area contributed by atoms with E-state index in [1.54, 1.807) is 36.0 Å². The molecule has 2 rings (SSSR count). The van der Waals surface area contributed by atoms with Crippen LogP contribution in [0.25, 0.3) is 0 Å². The van der Waals surface area contributed by atoms with Gasteiger partial charge in [-0.3, -0.25) is 4.79 Å². The number of rotatable bonds is 8. The third-order valence-corrected chi connectivity index (χ3v) is 5.24. The van der Waals surface area contributed by atoms with E-state index >= 15 is 0 Å². The van der Waals surface area contributed by atoms with Crippen LogP contribution in [0.2, 0.25) is 5.02 Å². The highest BCUT2D eigenvalue weighted by molar-refractivity contribution is 8.00. The highest BCUT2D eigenvalue weighted by Gasteiger charge is 2.03. The number of thioether (sulfide) groups is 2. The van der Waals surface area contributed by atoms with Crippen molar-refractivity contribution < 1.29 is 9.18 Å². The molecule has 122 valence electrons. The summed E-state index contributed by atoms with van der Waals surface area (Å²) in [4.78, 5) is 12.8. The molecule has 0 saturated carbocycles. The topological polar surface area (TPSA) is 29.1 Å². The van der Waals surface area contributed by atoms with Crippen molar-refractivity contribution in [2.24, 2.45) is 0 Å². The predicted molar refractivity (Wildman–Crippen MR) is 97.7 cm³/mol. The third-order valence-electron chi connectivity index (χ3n) is 2.97. The number of benzene rings is 2. The molecule has 0 spiro atoms. The monoisotopic (exact) mass is 369 g/mol. The Labute approximate surface area is 149 Å². The maximum absolute atomic E-state index is 13.4. The molecule has 0 radical (unpaired) electrons. The molecule has 2 aromatic rings. The standard InChI is InChI=1S/C17H17ClFNOS2/c18-14-5-7-15(8-6-14)23-12-17(21)20-9-10-22-11-13-3-1-2-4-16(13)19/h1-8H,9-12H2,(H,20,21). The van der Waals surface area contributed by atoms with Crippen LogP contribution in [0, 0.1) is 5.82 Å². The lowest BCUT2D eigenvalue weighted by Gasteiger charge is -2.06.